The van der Waals surface area contributed by atoms with Crippen LogP contribution in [0.25, 0.3) is 0 Å². The van der Waals surface area contributed by atoms with Gasteiger partial charge in [-0.1, -0.05) is 18.2 Å². The number of carbonyl (C=O) groups excluding carboxylic acids is 1. The molecule has 0 saturated carbocycles. The highest BCUT2D eigenvalue weighted by molar-refractivity contribution is 5.94. The van der Waals surface area contributed by atoms with Crippen LogP contribution in [0.15, 0.2) is 48.5 Å². The summed E-state index contributed by atoms with van der Waals surface area (Å²) in [6.45, 7) is 5.56. The van der Waals surface area contributed by atoms with Gasteiger partial charge in [-0.3, -0.25) is 9.69 Å². The summed E-state index contributed by atoms with van der Waals surface area (Å²) < 4.78 is 12.8. The van der Waals surface area contributed by atoms with Crippen LogP contribution < -0.4 is 14.8 Å². The molecule has 0 fully saturated rings. The minimum atomic E-state index is -0.280. The van der Waals surface area contributed by atoms with E-state index in [2.05, 4.69) is 37.1 Å². The van der Waals surface area contributed by atoms with E-state index in [0.29, 0.717) is 17.9 Å². The number of aliphatic hydroxyl groups excluding tert-OH is 1. The molecule has 0 bridgehead atoms. The van der Waals surface area contributed by atoms with Crippen LogP contribution in [0.2, 0.25) is 0 Å². The second-order valence-electron chi connectivity index (χ2n) is 8.30. The van der Waals surface area contributed by atoms with Crippen molar-refractivity contribution < 1.29 is 19.4 Å². The lowest BCUT2D eigenvalue weighted by molar-refractivity contribution is 0.0937. The van der Waals surface area contributed by atoms with E-state index in [-0.39, 0.29) is 18.6 Å². The summed E-state index contributed by atoms with van der Waals surface area (Å²) in [5.74, 6) is 2.93. The Labute approximate surface area is 199 Å². The molecule has 9 nitrogen and oxygen atoms in total. The van der Waals surface area contributed by atoms with Crippen LogP contribution in [0.3, 0.4) is 0 Å². The highest BCUT2D eigenvalue weighted by Gasteiger charge is 2.23. The van der Waals surface area contributed by atoms with E-state index in [0.717, 1.165) is 50.0 Å². The van der Waals surface area contributed by atoms with Crippen molar-refractivity contribution in [1.82, 2.24) is 25.0 Å². The molecule has 0 aliphatic carbocycles. The van der Waals surface area contributed by atoms with Crippen molar-refractivity contribution in [3.63, 3.8) is 0 Å². The van der Waals surface area contributed by atoms with Crippen molar-refractivity contribution in [2.75, 3.05) is 33.4 Å². The normalized spacial score (nSPS) is 14.7. The number of ether oxygens (including phenoxy) is 2. The number of hydrogen-bond acceptors (Lipinski definition) is 7. The first kappa shape index (κ1) is 23.7. The number of hydrogen-bond donors (Lipinski definition) is 2. The second-order valence-corrected chi connectivity index (χ2v) is 8.30. The zero-order chi connectivity index (χ0) is 23.9. The van der Waals surface area contributed by atoms with Crippen molar-refractivity contribution in [3.8, 4) is 11.5 Å². The second kappa shape index (κ2) is 11.1. The standard InChI is InChI=1S/C25H31N5O4/c1-18(26-25(32)20-4-3-5-22(16-20)33-2)24-28-27-23-10-11-29(12-13-30(23)24)17-19-6-8-21(9-7-19)34-15-14-31/h3-9,16,18,31H,10-15,17H2,1-2H3,(H,26,32)/t18-/m0/s1. The molecular formula is C25H31N5O4. The van der Waals surface area contributed by atoms with Gasteiger partial charge in [-0.05, 0) is 42.8 Å². The Morgan fingerprint density at radius 2 is 1.94 bits per heavy atom. The van der Waals surface area contributed by atoms with Crippen LogP contribution in [-0.4, -0.2) is 64.1 Å². The number of amides is 1. The van der Waals surface area contributed by atoms with Gasteiger partial charge in [0.05, 0.1) is 19.8 Å². The topological polar surface area (TPSA) is 102 Å². The van der Waals surface area contributed by atoms with Crippen LogP contribution in [0, 0.1) is 0 Å². The fourth-order valence-corrected chi connectivity index (χ4v) is 4.09. The van der Waals surface area contributed by atoms with Gasteiger partial charge in [0.2, 0.25) is 0 Å². The molecule has 2 N–H and O–H groups in total. The van der Waals surface area contributed by atoms with Gasteiger partial charge in [0.25, 0.3) is 5.91 Å². The van der Waals surface area contributed by atoms with E-state index in [1.54, 1.807) is 25.3 Å². The van der Waals surface area contributed by atoms with Crippen LogP contribution in [0.1, 0.15) is 40.5 Å². The van der Waals surface area contributed by atoms with E-state index < -0.39 is 0 Å². The highest BCUT2D eigenvalue weighted by Crippen LogP contribution is 2.19. The minimum absolute atomic E-state index is 0.00447. The van der Waals surface area contributed by atoms with Crippen LogP contribution in [-0.2, 0) is 19.5 Å². The predicted molar refractivity (Wildman–Crippen MR) is 127 cm³/mol. The number of rotatable bonds is 9. The average molecular weight is 466 g/mol. The van der Waals surface area contributed by atoms with Gasteiger partial charge in [-0.2, -0.15) is 0 Å². The van der Waals surface area contributed by atoms with Crippen LogP contribution in [0.4, 0.5) is 0 Å². The maximum absolute atomic E-state index is 12.7. The zero-order valence-corrected chi connectivity index (χ0v) is 19.6. The van der Waals surface area contributed by atoms with Gasteiger partial charge in [0.1, 0.15) is 23.9 Å². The molecule has 2 aromatic carbocycles. The number of nitrogens with one attached hydrogen (secondary N) is 1. The fourth-order valence-electron chi connectivity index (χ4n) is 4.09. The molecule has 34 heavy (non-hydrogen) atoms. The minimum Gasteiger partial charge on any atom is -0.497 e. The number of nitrogens with zero attached hydrogens (tertiary/aromatic N) is 4. The Morgan fingerprint density at radius 3 is 2.71 bits per heavy atom. The van der Waals surface area contributed by atoms with Gasteiger partial charge in [-0.15, -0.1) is 10.2 Å². The quantitative estimate of drug-likeness (QED) is 0.500. The lowest BCUT2D eigenvalue weighted by atomic mass is 10.2. The Balaban J connectivity index is 1.36. The summed E-state index contributed by atoms with van der Waals surface area (Å²) >= 11 is 0. The van der Waals surface area contributed by atoms with Crippen molar-refractivity contribution in [2.45, 2.75) is 32.5 Å². The Bertz CT molecular complexity index is 1100. The molecule has 180 valence electrons. The van der Waals surface area contributed by atoms with E-state index >= 15 is 0 Å². The monoisotopic (exact) mass is 465 g/mol. The number of carbonyl (C=O) groups is 1. The summed E-state index contributed by atoms with van der Waals surface area (Å²) in [5.41, 5.74) is 1.74. The SMILES string of the molecule is COc1cccc(C(=O)N[C@@H](C)c2nnc3n2CCN(Cc2ccc(OCCO)cc2)CC3)c1. The van der Waals surface area contributed by atoms with E-state index in [1.165, 1.54) is 5.56 Å². The Kier molecular flexibility index (Phi) is 7.76. The molecular weight excluding hydrogens is 434 g/mol. The summed E-state index contributed by atoms with van der Waals surface area (Å²) in [6, 6.07) is 14.8. The number of fused-ring (bicyclic) bond motifs is 1. The Morgan fingerprint density at radius 1 is 1.12 bits per heavy atom. The van der Waals surface area contributed by atoms with Crippen molar-refractivity contribution in [1.29, 1.82) is 0 Å². The third kappa shape index (κ3) is 5.73. The average Bonchev–Trinajstić information content (AvgIpc) is 3.18. The molecule has 1 aliphatic rings. The zero-order valence-electron chi connectivity index (χ0n) is 19.6. The van der Waals surface area contributed by atoms with Gasteiger partial charge < -0.3 is 24.5 Å². The summed E-state index contributed by atoms with van der Waals surface area (Å²) in [5, 5.41) is 20.7. The summed E-state index contributed by atoms with van der Waals surface area (Å²) in [6.07, 6.45) is 0.793. The molecule has 0 spiro atoms. The van der Waals surface area contributed by atoms with Gasteiger partial charge in [0, 0.05) is 38.2 Å². The molecule has 0 radical (unpaired) electrons. The third-order valence-corrected chi connectivity index (χ3v) is 5.90. The first-order valence-electron chi connectivity index (χ1n) is 11.5. The maximum Gasteiger partial charge on any atom is 0.251 e. The molecule has 0 unspecified atom stereocenters. The van der Waals surface area contributed by atoms with E-state index in [4.69, 9.17) is 14.6 Å². The fraction of sp³-hybridized carbons (Fsp3) is 0.400. The van der Waals surface area contributed by atoms with Gasteiger partial charge in [-0.25, -0.2) is 0 Å². The first-order valence-corrected chi connectivity index (χ1v) is 11.5. The number of aromatic nitrogens is 3. The number of benzene rings is 2. The van der Waals surface area contributed by atoms with Crippen LogP contribution >= 0.6 is 0 Å². The molecule has 0 saturated heterocycles. The lowest BCUT2D eigenvalue weighted by Gasteiger charge is -2.20. The number of methoxy groups -OCH3 is 1. The predicted octanol–water partition coefficient (Wildman–Crippen LogP) is 2.21. The molecule has 1 atom stereocenters. The molecule has 1 amide bonds. The third-order valence-electron chi connectivity index (χ3n) is 5.90. The molecule has 4 rings (SSSR count). The molecule has 1 aliphatic heterocycles. The maximum atomic E-state index is 12.7. The molecule has 3 aromatic rings. The summed E-state index contributed by atoms with van der Waals surface area (Å²) in [7, 11) is 1.58. The first-order chi connectivity index (χ1) is 16.6. The number of aliphatic hydroxyl groups is 1. The van der Waals surface area contributed by atoms with Gasteiger partial charge in [0.15, 0.2) is 5.82 Å². The Hall–Kier alpha value is -3.43. The molecule has 2 heterocycles. The molecule has 1 aromatic heterocycles. The highest BCUT2D eigenvalue weighted by atomic mass is 16.5. The van der Waals surface area contributed by atoms with Crippen LogP contribution in [0.5, 0.6) is 11.5 Å². The van der Waals surface area contributed by atoms with Crippen molar-refractivity contribution >= 4 is 5.91 Å². The summed E-state index contributed by atoms with van der Waals surface area (Å²) in [4.78, 5) is 15.1. The van der Waals surface area contributed by atoms with Crippen molar-refractivity contribution in [3.05, 3.63) is 71.3 Å². The van der Waals surface area contributed by atoms with E-state index in [1.807, 2.05) is 25.1 Å². The smallest absolute Gasteiger partial charge is 0.251 e. The van der Waals surface area contributed by atoms with Crippen molar-refractivity contribution in [2.24, 2.45) is 0 Å². The van der Waals surface area contributed by atoms with Gasteiger partial charge >= 0.3 is 0 Å². The van der Waals surface area contributed by atoms with E-state index in [9.17, 15) is 4.79 Å². The molecule has 9 heteroatoms. The lowest BCUT2D eigenvalue weighted by Crippen LogP contribution is -2.30. The largest absolute Gasteiger partial charge is 0.497 e.